The van der Waals surface area contributed by atoms with Gasteiger partial charge in [-0.3, -0.25) is 10.1 Å². The van der Waals surface area contributed by atoms with Gasteiger partial charge in [0.05, 0.1) is 0 Å². The summed E-state index contributed by atoms with van der Waals surface area (Å²) in [6.07, 6.45) is 2.12. The molecule has 0 spiro atoms. The molecule has 0 bridgehead atoms. The van der Waals surface area contributed by atoms with Crippen molar-refractivity contribution in [2.24, 2.45) is 0 Å². The normalized spacial score (nSPS) is 10.9. The van der Waals surface area contributed by atoms with Crippen molar-refractivity contribution in [3.63, 3.8) is 0 Å². The second-order valence-corrected chi connectivity index (χ2v) is 3.89. The lowest BCUT2D eigenvalue weighted by Crippen LogP contribution is -2.36. The third-order valence-corrected chi connectivity index (χ3v) is 1.33. The largest absolute Gasteiger partial charge is 0.444 e. The fourth-order valence-electron chi connectivity index (χ4n) is 0.845. The van der Waals surface area contributed by atoms with Crippen LogP contribution in [0.5, 0.6) is 0 Å². The molecule has 2 amide bonds. The number of aromatic amines is 1. The van der Waals surface area contributed by atoms with Gasteiger partial charge in [0.25, 0.3) is 5.91 Å². The van der Waals surface area contributed by atoms with E-state index in [2.05, 4.69) is 9.97 Å². The van der Waals surface area contributed by atoms with Gasteiger partial charge in [0.15, 0.2) is 5.82 Å². The number of H-pyrrole nitrogens is 1. The first kappa shape index (κ1) is 11.2. The molecule has 1 heterocycles. The van der Waals surface area contributed by atoms with Crippen LogP contribution in [0.3, 0.4) is 0 Å². The van der Waals surface area contributed by atoms with Crippen molar-refractivity contribution in [2.75, 3.05) is 0 Å². The van der Waals surface area contributed by atoms with Gasteiger partial charge in [-0.05, 0) is 20.8 Å². The molecule has 0 radical (unpaired) electrons. The molecule has 1 aromatic heterocycles. The first-order valence-electron chi connectivity index (χ1n) is 4.42. The van der Waals surface area contributed by atoms with E-state index in [4.69, 9.17) is 4.74 Å². The summed E-state index contributed by atoms with van der Waals surface area (Å²) in [6.45, 7) is 5.14. The number of nitrogens with one attached hydrogen (secondary N) is 2. The quantitative estimate of drug-likeness (QED) is 0.727. The Kier molecular flexibility index (Phi) is 3.08. The lowest BCUT2D eigenvalue weighted by Gasteiger charge is -2.18. The summed E-state index contributed by atoms with van der Waals surface area (Å²) in [4.78, 5) is 28.7. The number of ether oxygens (including phenoxy) is 1. The van der Waals surface area contributed by atoms with Crippen molar-refractivity contribution < 1.29 is 14.3 Å². The molecule has 1 rings (SSSR count). The molecule has 0 atom stereocenters. The average Bonchev–Trinajstić information content (AvgIpc) is 2.50. The SMILES string of the molecule is CC(C)(C)OC(=O)NC(=O)c1ncc[nH]1. The number of carbonyl (C=O) groups is 2. The van der Waals surface area contributed by atoms with E-state index in [-0.39, 0.29) is 5.82 Å². The molecule has 2 N–H and O–H groups in total. The number of hydrogen-bond donors (Lipinski definition) is 2. The number of rotatable bonds is 1. The van der Waals surface area contributed by atoms with Crippen LogP contribution in [0.4, 0.5) is 4.79 Å². The fraction of sp³-hybridized carbons (Fsp3) is 0.444. The number of imide groups is 1. The Balaban J connectivity index is 2.50. The van der Waals surface area contributed by atoms with Crippen LogP contribution in [-0.2, 0) is 4.74 Å². The van der Waals surface area contributed by atoms with Gasteiger partial charge in [0.2, 0.25) is 0 Å². The zero-order valence-corrected chi connectivity index (χ0v) is 8.83. The average molecular weight is 211 g/mol. The van der Waals surface area contributed by atoms with Gasteiger partial charge in [-0.25, -0.2) is 9.78 Å². The van der Waals surface area contributed by atoms with E-state index in [9.17, 15) is 9.59 Å². The van der Waals surface area contributed by atoms with E-state index < -0.39 is 17.6 Å². The molecule has 0 fully saturated rings. The molecule has 6 nitrogen and oxygen atoms in total. The number of aromatic nitrogens is 2. The summed E-state index contributed by atoms with van der Waals surface area (Å²) in [6, 6.07) is 0. The van der Waals surface area contributed by atoms with Gasteiger partial charge in [0, 0.05) is 12.4 Å². The number of nitrogens with zero attached hydrogens (tertiary/aromatic N) is 1. The molecule has 0 aliphatic heterocycles. The summed E-state index contributed by atoms with van der Waals surface area (Å²) < 4.78 is 4.89. The monoisotopic (exact) mass is 211 g/mol. The summed E-state index contributed by atoms with van der Waals surface area (Å²) in [7, 11) is 0. The molecule has 0 aromatic carbocycles. The van der Waals surface area contributed by atoms with Crippen LogP contribution >= 0.6 is 0 Å². The third kappa shape index (κ3) is 3.80. The van der Waals surface area contributed by atoms with Gasteiger partial charge < -0.3 is 9.72 Å². The van der Waals surface area contributed by atoms with Crippen LogP contribution in [0.15, 0.2) is 12.4 Å². The lowest BCUT2D eigenvalue weighted by molar-refractivity contribution is 0.0506. The summed E-state index contributed by atoms with van der Waals surface area (Å²) in [5.74, 6) is -0.546. The summed E-state index contributed by atoms with van der Waals surface area (Å²) >= 11 is 0. The smallest absolute Gasteiger partial charge is 0.414 e. The molecular formula is C9H13N3O3. The molecule has 0 saturated heterocycles. The highest BCUT2D eigenvalue weighted by molar-refractivity contribution is 6.00. The number of alkyl carbamates (subject to hydrolysis) is 1. The minimum atomic E-state index is -0.788. The van der Waals surface area contributed by atoms with Crippen LogP contribution in [0, 0.1) is 0 Å². The Morgan fingerprint density at radius 2 is 2.13 bits per heavy atom. The first-order chi connectivity index (χ1) is 6.88. The van der Waals surface area contributed by atoms with Crippen molar-refractivity contribution in [3.05, 3.63) is 18.2 Å². The van der Waals surface area contributed by atoms with Crippen LogP contribution in [0.2, 0.25) is 0 Å². The van der Waals surface area contributed by atoms with Crippen molar-refractivity contribution in [3.8, 4) is 0 Å². The highest BCUT2D eigenvalue weighted by atomic mass is 16.6. The van der Waals surface area contributed by atoms with Crippen molar-refractivity contribution >= 4 is 12.0 Å². The highest BCUT2D eigenvalue weighted by Gasteiger charge is 2.19. The molecule has 6 heteroatoms. The van der Waals surface area contributed by atoms with Gasteiger partial charge in [-0.1, -0.05) is 0 Å². The van der Waals surface area contributed by atoms with Crippen LogP contribution in [-0.4, -0.2) is 27.6 Å². The third-order valence-electron chi connectivity index (χ3n) is 1.33. The zero-order chi connectivity index (χ0) is 11.5. The number of imidazole rings is 1. The van der Waals surface area contributed by atoms with Crippen LogP contribution in [0.1, 0.15) is 31.4 Å². The molecule has 0 unspecified atom stereocenters. The Morgan fingerprint density at radius 3 is 2.60 bits per heavy atom. The molecule has 0 saturated carbocycles. The zero-order valence-electron chi connectivity index (χ0n) is 8.83. The van der Waals surface area contributed by atoms with Crippen LogP contribution in [0.25, 0.3) is 0 Å². The second-order valence-electron chi connectivity index (χ2n) is 3.89. The highest BCUT2D eigenvalue weighted by Crippen LogP contribution is 2.06. The van der Waals surface area contributed by atoms with Crippen LogP contribution < -0.4 is 5.32 Å². The maximum atomic E-state index is 11.3. The molecule has 0 aliphatic rings. The van der Waals surface area contributed by atoms with E-state index in [1.54, 1.807) is 20.8 Å². The van der Waals surface area contributed by atoms with E-state index in [0.29, 0.717) is 0 Å². The van der Waals surface area contributed by atoms with E-state index in [1.807, 2.05) is 5.32 Å². The molecule has 1 aromatic rings. The number of hydrogen-bond acceptors (Lipinski definition) is 4. The van der Waals surface area contributed by atoms with Gasteiger partial charge in [-0.15, -0.1) is 0 Å². The summed E-state index contributed by atoms with van der Waals surface area (Å²) in [5, 5.41) is 2.05. The molecule has 15 heavy (non-hydrogen) atoms. The first-order valence-corrected chi connectivity index (χ1v) is 4.42. The fourth-order valence-corrected chi connectivity index (χ4v) is 0.845. The maximum Gasteiger partial charge on any atom is 0.414 e. The Bertz CT molecular complexity index is 351. The van der Waals surface area contributed by atoms with Gasteiger partial charge >= 0.3 is 6.09 Å². The maximum absolute atomic E-state index is 11.3. The topological polar surface area (TPSA) is 84.1 Å². The van der Waals surface area contributed by atoms with E-state index >= 15 is 0 Å². The standard InChI is InChI=1S/C9H13N3O3/c1-9(2,3)15-8(14)12-7(13)6-10-4-5-11-6/h4-5H,1-3H3,(H,10,11)(H,12,13,14). The van der Waals surface area contributed by atoms with Gasteiger partial charge in [-0.2, -0.15) is 0 Å². The second kappa shape index (κ2) is 4.12. The number of carbonyl (C=O) groups excluding carboxylic acids is 2. The predicted molar refractivity (Wildman–Crippen MR) is 52.3 cm³/mol. The van der Waals surface area contributed by atoms with E-state index in [0.717, 1.165) is 0 Å². The number of amides is 2. The minimum absolute atomic E-state index is 0.0702. The van der Waals surface area contributed by atoms with E-state index in [1.165, 1.54) is 12.4 Å². The van der Waals surface area contributed by atoms with Crippen molar-refractivity contribution in [1.29, 1.82) is 0 Å². The molecular weight excluding hydrogens is 198 g/mol. The van der Waals surface area contributed by atoms with Gasteiger partial charge in [0.1, 0.15) is 5.60 Å². The Morgan fingerprint density at radius 1 is 1.47 bits per heavy atom. The molecule has 82 valence electrons. The summed E-state index contributed by atoms with van der Waals surface area (Å²) in [5.41, 5.74) is -0.631. The predicted octanol–water partition coefficient (Wildman–Crippen LogP) is 1.07. The van der Waals surface area contributed by atoms with Crippen molar-refractivity contribution in [2.45, 2.75) is 26.4 Å². The molecule has 0 aliphatic carbocycles. The lowest BCUT2D eigenvalue weighted by atomic mass is 10.2. The minimum Gasteiger partial charge on any atom is -0.444 e. The van der Waals surface area contributed by atoms with Crippen molar-refractivity contribution in [1.82, 2.24) is 15.3 Å². The Hall–Kier alpha value is -1.85. The Labute approximate surface area is 87.0 Å².